The SMILES string of the molecule is Cc1ccc(N=C(Nc2ccc(C)cc2)C(=O)c2ccc(F)cc2)cc1. The number of aryl methyl sites for hydroxylation is 2. The van der Waals surface area contributed by atoms with E-state index in [2.05, 4.69) is 10.3 Å². The highest BCUT2D eigenvalue weighted by molar-refractivity contribution is 6.49. The Morgan fingerprint density at radius 3 is 1.92 bits per heavy atom. The van der Waals surface area contributed by atoms with Gasteiger partial charge in [0.05, 0.1) is 5.69 Å². The van der Waals surface area contributed by atoms with Crippen molar-refractivity contribution in [2.75, 3.05) is 5.32 Å². The largest absolute Gasteiger partial charge is 0.337 e. The van der Waals surface area contributed by atoms with Gasteiger partial charge in [0.15, 0.2) is 5.84 Å². The Kier molecular flexibility index (Phi) is 5.23. The fourth-order valence-corrected chi connectivity index (χ4v) is 2.40. The highest BCUT2D eigenvalue weighted by Gasteiger charge is 2.15. The molecule has 3 rings (SSSR count). The third-order valence-electron chi connectivity index (χ3n) is 3.91. The zero-order valence-corrected chi connectivity index (χ0v) is 14.7. The molecule has 0 spiro atoms. The average Bonchev–Trinajstić information content (AvgIpc) is 2.65. The van der Waals surface area contributed by atoms with Gasteiger partial charge in [-0.25, -0.2) is 9.38 Å². The lowest BCUT2D eigenvalue weighted by Gasteiger charge is -2.10. The quantitative estimate of drug-likeness (QED) is 0.387. The van der Waals surface area contributed by atoms with Crippen LogP contribution in [0.1, 0.15) is 21.5 Å². The second-order valence-corrected chi connectivity index (χ2v) is 6.12. The predicted octanol–water partition coefficient (Wildman–Crippen LogP) is 5.47. The van der Waals surface area contributed by atoms with E-state index < -0.39 is 0 Å². The predicted molar refractivity (Wildman–Crippen MR) is 104 cm³/mol. The molecule has 0 saturated carbocycles. The number of hydrogen-bond donors (Lipinski definition) is 1. The zero-order chi connectivity index (χ0) is 18.5. The average molecular weight is 346 g/mol. The van der Waals surface area contributed by atoms with E-state index in [-0.39, 0.29) is 17.4 Å². The lowest BCUT2D eigenvalue weighted by molar-refractivity contribution is 0.106. The maximum absolute atomic E-state index is 13.2. The number of aliphatic imine (C=N–C) groups is 1. The molecule has 0 saturated heterocycles. The van der Waals surface area contributed by atoms with Crippen molar-refractivity contribution >= 4 is 23.0 Å². The lowest BCUT2D eigenvalue weighted by atomic mass is 10.1. The van der Waals surface area contributed by atoms with Crippen LogP contribution < -0.4 is 5.32 Å². The number of benzene rings is 3. The number of rotatable bonds is 4. The van der Waals surface area contributed by atoms with Crippen molar-refractivity contribution in [3.05, 3.63) is 95.3 Å². The first kappa shape index (κ1) is 17.5. The number of nitrogens with zero attached hydrogens (tertiary/aromatic N) is 1. The summed E-state index contributed by atoms with van der Waals surface area (Å²) in [4.78, 5) is 17.4. The first-order chi connectivity index (χ1) is 12.5. The molecule has 3 aromatic rings. The summed E-state index contributed by atoms with van der Waals surface area (Å²) in [5, 5.41) is 3.09. The van der Waals surface area contributed by atoms with Gasteiger partial charge in [-0.3, -0.25) is 4.79 Å². The van der Waals surface area contributed by atoms with Crippen LogP contribution >= 0.6 is 0 Å². The molecule has 0 heterocycles. The van der Waals surface area contributed by atoms with Gasteiger partial charge >= 0.3 is 0 Å². The monoisotopic (exact) mass is 346 g/mol. The minimum atomic E-state index is -0.384. The molecule has 1 N–H and O–H groups in total. The number of hydrogen-bond acceptors (Lipinski definition) is 2. The summed E-state index contributed by atoms with van der Waals surface area (Å²) >= 11 is 0. The van der Waals surface area contributed by atoms with E-state index in [1.165, 1.54) is 24.3 Å². The van der Waals surface area contributed by atoms with Crippen LogP contribution in [0.2, 0.25) is 0 Å². The van der Waals surface area contributed by atoms with Crippen molar-refractivity contribution in [1.82, 2.24) is 0 Å². The topological polar surface area (TPSA) is 41.5 Å². The second kappa shape index (κ2) is 7.74. The van der Waals surface area contributed by atoms with Crippen LogP contribution in [0.3, 0.4) is 0 Å². The molecule has 0 aliphatic rings. The Labute approximate surface area is 152 Å². The third kappa shape index (κ3) is 4.42. The summed E-state index contributed by atoms with van der Waals surface area (Å²) in [6.07, 6.45) is 0. The third-order valence-corrected chi connectivity index (χ3v) is 3.91. The summed E-state index contributed by atoms with van der Waals surface area (Å²) in [5.41, 5.74) is 4.04. The van der Waals surface area contributed by atoms with E-state index in [0.717, 1.165) is 16.8 Å². The van der Waals surface area contributed by atoms with Crippen LogP contribution in [0, 0.1) is 19.7 Å². The van der Waals surface area contributed by atoms with Gasteiger partial charge in [0, 0.05) is 11.3 Å². The van der Waals surface area contributed by atoms with Crippen molar-refractivity contribution in [3.63, 3.8) is 0 Å². The van der Waals surface area contributed by atoms with Crippen molar-refractivity contribution in [3.8, 4) is 0 Å². The van der Waals surface area contributed by atoms with E-state index >= 15 is 0 Å². The van der Waals surface area contributed by atoms with Gasteiger partial charge in [-0.2, -0.15) is 0 Å². The van der Waals surface area contributed by atoms with Crippen molar-refractivity contribution < 1.29 is 9.18 Å². The van der Waals surface area contributed by atoms with Gasteiger partial charge in [-0.05, 0) is 62.4 Å². The van der Waals surface area contributed by atoms with Gasteiger partial charge < -0.3 is 5.32 Å². The van der Waals surface area contributed by atoms with Crippen LogP contribution in [-0.4, -0.2) is 11.6 Å². The van der Waals surface area contributed by atoms with Crippen LogP contribution in [0.5, 0.6) is 0 Å². The van der Waals surface area contributed by atoms with Gasteiger partial charge in [0.2, 0.25) is 5.78 Å². The molecular weight excluding hydrogens is 327 g/mol. The number of carbonyl (C=O) groups excluding carboxylic acids is 1. The van der Waals surface area contributed by atoms with Crippen molar-refractivity contribution in [1.29, 1.82) is 0 Å². The van der Waals surface area contributed by atoms with Crippen molar-refractivity contribution in [2.45, 2.75) is 13.8 Å². The molecule has 3 nitrogen and oxygen atoms in total. The van der Waals surface area contributed by atoms with E-state index in [9.17, 15) is 9.18 Å². The van der Waals surface area contributed by atoms with Crippen molar-refractivity contribution in [2.24, 2.45) is 4.99 Å². The van der Waals surface area contributed by atoms with Gasteiger partial charge in [0.1, 0.15) is 5.82 Å². The summed E-state index contributed by atoms with van der Waals surface area (Å²) in [5.74, 6) is -0.500. The molecular formula is C22H19FN2O. The molecule has 4 heteroatoms. The summed E-state index contributed by atoms with van der Waals surface area (Å²) in [7, 11) is 0. The van der Waals surface area contributed by atoms with Gasteiger partial charge in [-0.1, -0.05) is 35.4 Å². The van der Waals surface area contributed by atoms with Crippen LogP contribution in [0.4, 0.5) is 15.8 Å². The summed E-state index contributed by atoms with van der Waals surface area (Å²) in [6, 6.07) is 20.7. The van der Waals surface area contributed by atoms with Gasteiger partial charge in [0.25, 0.3) is 0 Å². The smallest absolute Gasteiger partial charge is 0.228 e. The number of anilines is 1. The maximum Gasteiger partial charge on any atom is 0.228 e. The van der Waals surface area contributed by atoms with E-state index in [1.807, 2.05) is 62.4 Å². The van der Waals surface area contributed by atoms with Gasteiger partial charge in [-0.15, -0.1) is 0 Å². The molecule has 0 radical (unpaired) electrons. The normalized spacial score (nSPS) is 11.3. The van der Waals surface area contributed by atoms with Crippen LogP contribution in [0.25, 0.3) is 0 Å². The first-order valence-corrected chi connectivity index (χ1v) is 8.30. The lowest BCUT2D eigenvalue weighted by Crippen LogP contribution is -2.23. The Bertz CT molecular complexity index is 927. The molecule has 3 aromatic carbocycles. The first-order valence-electron chi connectivity index (χ1n) is 8.30. The molecule has 130 valence electrons. The fraction of sp³-hybridized carbons (Fsp3) is 0.0909. The zero-order valence-electron chi connectivity index (χ0n) is 14.7. The van der Waals surface area contributed by atoms with E-state index in [4.69, 9.17) is 0 Å². The van der Waals surface area contributed by atoms with E-state index in [1.54, 1.807) is 0 Å². The molecule has 0 bridgehead atoms. The van der Waals surface area contributed by atoms with Crippen LogP contribution in [-0.2, 0) is 0 Å². The molecule has 0 aliphatic carbocycles. The number of Topliss-reactive ketones (excluding diaryl/α,β-unsaturated/α-hetero) is 1. The minimum Gasteiger partial charge on any atom is -0.337 e. The molecule has 0 aliphatic heterocycles. The van der Waals surface area contributed by atoms with Crippen LogP contribution in [0.15, 0.2) is 77.8 Å². The summed E-state index contributed by atoms with van der Waals surface area (Å²) in [6.45, 7) is 3.98. The Morgan fingerprint density at radius 1 is 0.808 bits per heavy atom. The standard InChI is InChI=1S/C22H19FN2O/c1-15-3-11-19(12-4-15)24-22(25-20-13-5-16(2)6-14-20)21(26)17-7-9-18(23)10-8-17/h3-14H,1-2H3,(H,24,25). The highest BCUT2D eigenvalue weighted by atomic mass is 19.1. The number of halogens is 1. The minimum absolute atomic E-state index is 0.185. The highest BCUT2D eigenvalue weighted by Crippen LogP contribution is 2.17. The summed E-state index contributed by atoms with van der Waals surface area (Å²) < 4.78 is 13.2. The number of amidine groups is 1. The molecule has 0 aromatic heterocycles. The second-order valence-electron chi connectivity index (χ2n) is 6.12. The Hall–Kier alpha value is -3.27. The molecule has 0 unspecified atom stereocenters. The molecule has 26 heavy (non-hydrogen) atoms. The molecule has 0 fully saturated rings. The Morgan fingerprint density at radius 2 is 1.35 bits per heavy atom. The number of nitrogens with one attached hydrogen (secondary N) is 1. The molecule has 0 atom stereocenters. The number of carbonyl (C=O) groups is 1. The molecule has 0 amide bonds. The number of ketones is 1. The van der Waals surface area contributed by atoms with E-state index in [0.29, 0.717) is 11.3 Å². The Balaban J connectivity index is 1.97. The fourth-order valence-electron chi connectivity index (χ4n) is 2.40. The maximum atomic E-state index is 13.2.